The Kier molecular flexibility index (Phi) is 4.96. The van der Waals surface area contributed by atoms with E-state index in [9.17, 15) is 4.79 Å². The van der Waals surface area contributed by atoms with Crippen LogP contribution in [0.25, 0.3) is 21.3 Å². The van der Waals surface area contributed by atoms with Crippen molar-refractivity contribution in [3.05, 3.63) is 79.7 Å². The van der Waals surface area contributed by atoms with E-state index in [2.05, 4.69) is 4.98 Å². The highest BCUT2D eigenvalue weighted by atomic mass is 35.5. The number of methoxy groups -OCH3 is 1. The Labute approximate surface area is 171 Å². The molecule has 0 bridgehead atoms. The van der Waals surface area contributed by atoms with Crippen molar-refractivity contribution in [1.82, 2.24) is 9.97 Å². The number of hydrogen-bond acceptors (Lipinski definition) is 4. The van der Waals surface area contributed by atoms with Crippen LogP contribution in [0.4, 0.5) is 0 Å². The van der Waals surface area contributed by atoms with E-state index in [1.807, 2.05) is 56.3 Å². The van der Waals surface area contributed by atoms with E-state index in [-0.39, 0.29) is 5.56 Å². The molecule has 0 aliphatic rings. The molecule has 0 spiro atoms. The maximum atomic E-state index is 12.9. The second kappa shape index (κ2) is 7.41. The Morgan fingerprint density at radius 3 is 2.71 bits per heavy atom. The maximum Gasteiger partial charge on any atom is 0.260 e. The standard InChI is InChI=1S/C22H19ClN2O2S/c1-12-9-15(7-8-17(12)27-3)19-13(2)28-22-20(19)21(26)24-18(25-22)11-14-5-4-6-16(23)10-14/h4-10H,11H2,1-3H3,(H,24,25,26). The van der Waals surface area contributed by atoms with Gasteiger partial charge in [-0.1, -0.05) is 29.8 Å². The third-order valence-electron chi connectivity index (χ3n) is 4.73. The summed E-state index contributed by atoms with van der Waals surface area (Å²) in [6, 6.07) is 13.6. The molecular weight excluding hydrogens is 392 g/mol. The molecule has 1 N–H and O–H groups in total. The largest absolute Gasteiger partial charge is 0.496 e. The summed E-state index contributed by atoms with van der Waals surface area (Å²) in [6.07, 6.45) is 0.527. The summed E-state index contributed by atoms with van der Waals surface area (Å²) < 4.78 is 5.35. The number of fused-ring (bicyclic) bond motifs is 1. The van der Waals surface area contributed by atoms with E-state index in [0.717, 1.165) is 37.7 Å². The summed E-state index contributed by atoms with van der Waals surface area (Å²) in [6.45, 7) is 4.02. The van der Waals surface area contributed by atoms with Crippen LogP contribution in [-0.2, 0) is 6.42 Å². The van der Waals surface area contributed by atoms with Crippen LogP contribution in [0.1, 0.15) is 21.8 Å². The molecule has 0 saturated heterocycles. The second-order valence-electron chi connectivity index (χ2n) is 6.72. The van der Waals surface area contributed by atoms with Gasteiger partial charge in [0.05, 0.1) is 12.5 Å². The van der Waals surface area contributed by atoms with Gasteiger partial charge in [-0.25, -0.2) is 4.98 Å². The lowest BCUT2D eigenvalue weighted by Gasteiger charge is -2.08. The number of nitrogens with one attached hydrogen (secondary N) is 1. The van der Waals surface area contributed by atoms with Crippen LogP contribution in [0.3, 0.4) is 0 Å². The van der Waals surface area contributed by atoms with Gasteiger partial charge in [0.15, 0.2) is 0 Å². The van der Waals surface area contributed by atoms with Gasteiger partial charge >= 0.3 is 0 Å². The first-order chi connectivity index (χ1) is 13.5. The van der Waals surface area contributed by atoms with Crippen molar-refractivity contribution >= 4 is 33.2 Å². The highest BCUT2D eigenvalue weighted by molar-refractivity contribution is 7.19. The molecular formula is C22H19ClN2O2S. The minimum atomic E-state index is -0.116. The zero-order chi connectivity index (χ0) is 19.8. The first-order valence-electron chi connectivity index (χ1n) is 8.88. The number of thiophene rings is 1. The van der Waals surface area contributed by atoms with Crippen LogP contribution in [0.2, 0.25) is 5.02 Å². The molecule has 6 heteroatoms. The van der Waals surface area contributed by atoms with Gasteiger partial charge in [-0.15, -0.1) is 11.3 Å². The van der Waals surface area contributed by atoms with E-state index in [0.29, 0.717) is 22.7 Å². The number of hydrogen-bond donors (Lipinski definition) is 1. The summed E-state index contributed by atoms with van der Waals surface area (Å²) in [4.78, 5) is 22.4. The lowest BCUT2D eigenvalue weighted by atomic mass is 10.0. The molecule has 4 rings (SSSR count). The molecule has 0 saturated carbocycles. The molecule has 0 amide bonds. The fourth-order valence-electron chi connectivity index (χ4n) is 3.47. The van der Waals surface area contributed by atoms with Crippen molar-refractivity contribution < 1.29 is 4.74 Å². The van der Waals surface area contributed by atoms with Crippen molar-refractivity contribution in [2.75, 3.05) is 7.11 Å². The Morgan fingerprint density at radius 2 is 2.00 bits per heavy atom. The van der Waals surface area contributed by atoms with Gasteiger partial charge < -0.3 is 9.72 Å². The van der Waals surface area contributed by atoms with E-state index in [4.69, 9.17) is 21.3 Å². The second-order valence-corrected chi connectivity index (χ2v) is 8.36. The number of rotatable bonds is 4. The number of H-pyrrole nitrogens is 1. The molecule has 142 valence electrons. The Hall–Kier alpha value is -2.63. The van der Waals surface area contributed by atoms with Gasteiger partial charge in [0.2, 0.25) is 0 Å². The molecule has 0 fully saturated rings. The highest BCUT2D eigenvalue weighted by Gasteiger charge is 2.17. The van der Waals surface area contributed by atoms with Gasteiger partial charge in [0, 0.05) is 21.9 Å². The monoisotopic (exact) mass is 410 g/mol. The van der Waals surface area contributed by atoms with Crippen molar-refractivity contribution in [2.45, 2.75) is 20.3 Å². The topological polar surface area (TPSA) is 55.0 Å². The minimum absolute atomic E-state index is 0.116. The van der Waals surface area contributed by atoms with Gasteiger partial charge in [-0.3, -0.25) is 4.79 Å². The van der Waals surface area contributed by atoms with Crippen LogP contribution in [-0.4, -0.2) is 17.1 Å². The summed E-state index contributed by atoms with van der Waals surface area (Å²) in [5.41, 5.74) is 3.86. The lowest BCUT2D eigenvalue weighted by Crippen LogP contribution is -2.11. The Bertz CT molecular complexity index is 1240. The van der Waals surface area contributed by atoms with Crippen molar-refractivity contribution in [3.8, 4) is 16.9 Å². The normalized spacial score (nSPS) is 11.1. The maximum absolute atomic E-state index is 12.9. The smallest absolute Gasteiger partial charge is 0.260 e. The molecule has 2 aromatic carbocycles. The molecule has 0 aliphatic heterocycles. The number of benzene rings is 2. The quantitative estimate of drug-likeness (QED) is 0.481. The lowest BCUT2D eigenvalue weighted by molar-refractivity contribution is 0.412. The first kappa shape index (κ1) is 18.7. The molecule has 28 heavy (non-hydrogen) atoms. The van der Waals surface area contributed by atoms with E-state index < -0.39 is 0 Å². The summed E-state index contributed by atoms with van der Waals surface area (Å²) in [5, 5.41) is 1.31. The molecule has 4 aromatic rings. The number of nitrogens with zero attached hydrogens (tertiary/aromatic N) is 1. The molecule has 0 aliphatic carbocycles. The molecule has 0 atom stereocenters. The average Bonchev–Trinajstić information content (AvgIpc) is 2.98. The fraction of sp³-hybridized carbons (Fsp3) is 0.182. The highest BCUT2D eigenvalue weighted by Crippen LogP contribution is 2.37. The zero-order valence-corrected chi connectivity index (χ0v) is 17.4. The van der Waals surface area contributed by atoms with Crippen LogP contribution in [0.5, 0.6) is 5.75 Å². The van der Waals surface area contributed by atoms with Gasteiger partial charge in [-0.2, -0.15) is 0 Å². The van der Waals surface area contributed by atoms with Crippen LogP contribution >= 0.6 is 22.9 Å². The summed E-state index contributed by atoms with van der Waals surface area (Å²) in [7, 11) is 1.66. The predicted molar refractivity (Wildman–Crippen MR) is 116 cm³/mol. The number of ether oxygens (including phenoxy) is 1. The molecule has 2 aromatic heterocycles. The third kappa shape index (κ3) is 3.43. The molecule has 2 heterocycles. The van der Waals surface area contributed by atoms with Gasteiger partial charge in [0.25, 0.3) is 5.56 Å². The zero-order valence-electron chi connectivity index (χ0n) is 15.8. The van der Waals surface area contributed by atoms with E-state index in [1.165, 1.54) is 0 Å². The van der Waals surface area contributed by atoms with Gasteiger partial charge in [-0.05, 0) is 54.8 Å². The van der Waals surface area contributed by atoms with Crippen molar-refractivity contribution in [2.24, 2.45) is 0 Å². The van der Waals surface area contributed by atoms with Crippen molar-refractivity contribution in [1.29, 1.82) is 0 Å². The Morgan fingerprint density at radius 1 is 1.18 bits per heavy atom. The third-order valence-corrected chi connectivity index (χ3v) is 5.97. The van der Waals surface area contributed by atoms with Gasteiger partial charge in [0.1, 0.15) is 16.4 Å². The summed E-state index contributed by atoms with van der Waals surface area (Å²) in [5.74, 6) is 1.47. The SMILES string of the molecule is COc1ccc(-c2c(C)sc3nc(Cc4cccc(Cl)c4)[nH]c(=O)c23)cc1C. The molecule has 0 unspecified atom stereocenters. The minimum Gasteiger partial charge on any atom is -0.496 e. The predicted octanol–water partition coefficient (Wildman–Crippen LogP) is 5.52. The molecule has 4 nitrogen and oxygen atoms in total. The van der Waals surface area contributed by atoms with E-state index in [1.54, 1.807) is 18.4 Å². The molecule has 0 radical (unpaired) electrons. The summed E-state index contributed by atoms with van der Waals surface area (Å²) >= 11 is 7.61. The first-order valence-corrected chi connectivity index (χ1v) is 10.1. The Balaban J connectivity index is 1.81. The number of aromatic amines is 1. The fourth-order valence-corrected chi connectivity index (χ4v) is 4.75. The number of aromatic nitrogens is 2. The number of halogens is 1. The average molecular weight is 411 g/mol. The van der Waals surface area contributed by atoms with E-state index >= 15 is 0 Å². The van der Waals surface area contributed by atoms with Crippen LogP contribution in [0.15, 0.2) is 47.3 Å². The van der Waals surface area contributed by atoms with Crippen LogP contribution in [0, 0.1) is 13.8 Å². The number of aryl methyl sites for hydroxylation is 2. The van der Waals surface area contributed by atoms with Crippen LogP contribution < -0.4 is 10.3 Å². The van der Waals surface area contributed by atoms with Crippen molar-refractivity contribution in [3.63, 3.8) is 0 Å².